The first-order valence-corrected chi connectivity index (χ1v) is 9.98. The number of amides is 1. The van der Waals surface area contributed by atoms with Crippen LogP contribution in [0, 0.1) is 5.82 Å². The first-order chi connectivity index (χ1) is 15.1. The predicted octanol–water partition coefficient (Wildman–Crippen LogP) is 3.21. The second-order valence-electron chi connectivity index (χ2n) is 7.76. The summed E-state index contributed by atoms with van der Waals surface area (Å²) in [5, 5.41) is 24.4. The quantitative estimate of drug-likeness (QED) is 0.546. The summed E-state index contributed by atoms with van der Waals surface area (Å²) in [4.78, 5) is 17.0. The number of pyridine rings is 1. The lowest BCUT2D eigenvalue weighted by atomic mass is 10.2. The molecule has 0 aliphatic rings. The Hall–Kier alpha value is -3.31. The molecular weight excluding hydrogens is 443 g/mol. The summed E-state index contributed by atoms with van der Waals surface area (Å²) in [6.45, 7) is 4.97. The van der Waals surface area contributed by atoms with Crippen molar-refractivity contribution in [2.24, 2.45) is 0 Å². The molecule has 3 aromatic rings. The van der Waals surface area contributed by atoms with Crippen LogP contribution in [0.2, 0.25) is 5.02 Å². The molecular formula is C20H22ClFN6O4. The number of aromatic nitrogens is 5. The number of carbonyl (C=O) groups is 1. The van der Waals surface area contributed by atoms with E-state index >= 15 is 0 Å². The average molecular weight is 465 g/mol. The van der Waals surface area contributed by atoms with E-state index in [0.29, 0.717) is 17.1 Å². The number of tetrazole rings is 1. The van der Waals surface area contributed by atoms with Crippen molar-refractivity contribution in [2.45, 2.75) is 39.0 Å². The number of aliphatic hydroxyl groups excluding tert-OH is 1. The number of aliphatic hydroxyl groups is 1. The molecule has 0 saturated heterocycles. The van der Waals surface area contributed by atoms with Crippen LogP contribution >= 0.6 is 11.6 Å². The summed E-state index contributed by atoms with van der Waals surface area (Å²) in [5.74, 6) is -0.193. The third-order valence-corrected chi connectivity index (χ3v) is 4.09. The molecule has 0 spiro atoms. The SMILES string of the molecule is CC(C)(C)OC(=O)N[C@H](CO)Cn1nnc(-c2ccc(Oc3ncc(Cl)cc3F)cc2)n1. The molecule has 0 aliphatic carbocycles. The van der Waals surface area contributed by atoms with E-state index in [0.717, 1.165) is 6.07 Å². The summed E-state index contributed by atoms with van der Waals surface area (Å²) in [7, 11) is 0. The van der Waals surface area contributed by atoms with E-state index in [2.05, 4.69) is 25.7 Å². The van der Waals surface area contributed by atoms with Crippen LogP contribution in [0.5, 0.6) is 11.6 Å². The Kier molecular flexibility index (Phi) is 7.21. The van der Waals surface area contributed by atoms with E-state index in [-0.39, 0.29) is 24.1 Å². The summed E-state index contributed by atoms with van der Waals surface area (Å²) in [5.41, 5.74) is -0.0256. The number of hydrogen-bond acceptors (Lipinski definition) is 8. The number of ether oxygens (including phenoxy) is 2. The van der Waals surface area contributed by atoms with Gasteiger partial charge in [-0.2, -0.15) is 4.80 Å². The van der Waals surface area contributed by atoms with E-state index in [1.165, 1.54) is 11.0 Å². The summed E-state index contributed by atoms with van der Waals surface area (Å²) >= 11 is 5.68. The first-order valence-electron chi connectivity index (χ1n) is 9.60. The van der Waals surface area contributed by atoms with Crippen LogP contribution < -0.4 is 10.1 Å². The fourth-order valence-electron chi connectivity index (χ4n) is 2.52. The molecule has 0 saturated carbocycles. The van der Waals surface area contributed by atoms with Crippen molar-refractivity contribution in [3.63, 3.8) is 0 Å². The molecule has 170 valence electrons. The van der Waals surface area contributed by atoms with Gasteiger partial charge in [-0.05, 0) is 56.3 Å². The Morgan fingerprint density at radius 3 is 2.66 bits per heavy atom. The molecule has 0 aliphatic heterocycles. The van der Waals surface area contributed by atoms with Gasteiger partial charge < -0.3 is 19.9 Å². The predicted molar refractivity (Wildman–Crippen MR) is 113 cm³/mol. The highest BCUT2D eigenvalue weighted by Gasteiger charge is 2.20. The van der Waals surface area contributed by atoms with Crippen molar-refractivity contribution >= 4 is 17.7 Å². The van der Waals surface area contributed by atoms with Gasteiger partial charge in [-0.25, -0.2) is 14.2 Å². The van der Waals surface area contributed by atoms with Gasteiger partial charge in [-0.3, -0.25) is 0 Å². The molecule has 0 fully saturated rings. The van der Waals surface area contributed by atoms with Gasteiger partial charge in [0, 0.05) is 11.8 Å². The van der Waals surface area contributed by atoms with Crippen LogP contribution in [-0.2, 0) is 11.3 Å². The highest BCUT2D eigenvalue weighted by Crippen LogP contribution is 2.26. The number of rotatable bonds is 7. The number of alkyl carbamates (subject to hydrolysis) is 1. The standard InChI is InChI=1S/C20H22ClFN6O4/c1-20(2,3)32-19(30)24-14(11-29)10-28-26-17(25-27-28)12-4-6-15(7-5-12)31-18-16(22)8-13(21)9-23-18/h4-9,14,29H,10-11H2,1-3H3,(H,24,30)/t14-/m0/s1. The Labute approximate surface area is 188 Å². The zero-order valence-corrected chi connectivity index (χ0v) is 18.4. The summed E-state index contributed by atoms with van der Waals surface area (Å²) < 4.78 is 24.4. The lowest BCUT2D eigenvalue weighted by molar-refractivity contribution is 0.0472. The Balaban J connectivity index is 1.62. The smallest absolute Gasteiger partial charge is 0.408 e. The molecule has 32 heavy (non-hydrogen) atoms. The minimum atomic E-state index is -0.676. The Morgan fingerprint density at radius 2 is 2.03 bits per heavy atom. The van der Waals surface area contributed by atoms with E-state index in [1.54, 1.807) is 45.0 Å². The zero-order chi connectivity index (χ0) is 23.3. The number of nitrogens with one attached hydrogen (secondary N) is 1. The van der Waals surface area contributed by atoms with Crippen LogP contribution in [0.3, 0.4) is 0 Å². The van der Waals surface area contributed by atoms with Gasteiger partial charge in [-0.1, -0.05) is 11.6 Å². The Bertz CT molecular complexity index is 1070. The van der Waals surface area contributed by atoms with Crippen LogP contribution in [0.15, 0.2) is 36.5 Å². The van der Waals surface area contributed by atoms with Crippen molar-refractivity contribution in [3.8, 4) is 23.0 Å². The van der Waals surface area contributed by atoms with Gasteiger partial charge in [-0.15, -0.1) is 10.2 Å². The van der Waals surface area contributed by atoms with Gasteiger partial charge in [0.15, 0.2) is 5.82 Å². The van der Waals surface area contributed by atoms with Crippen molar-refractivity contribution in [3.05, 3.63) is 47.4 Å². The van der Waals surface area contributed by atoms with Gasteiger partial charge in [0.1, 0.15) is 11.4 Å². The highest BCUT2D eigenvalue weighted by atomic mass is 35.5. The maximum atomic E-state index is 13.8. The largest absolute Gasteiger partial charge is 0.444 e. The molecule has 3 rings (SSSR count). The molecule has 1 amide bonds. The van der Waals surface area contributed by atoms with E-state index in [9.17, 15) is 14.3 Å². The lowest BCUT2D eigenvalue weighted by Crippen LogP contribution is -2.43. The molecule has 12 heteroatoms. The second-order valence-corrected chi connectivity index (χ2v) is 8.20. The Morgan fingerprint density at radius 1 is 1.31 bits per heavy atom. The van der Waals surface area contributed by atoms with Crippen molar-refractivity contribution in [1.82, 2.24) is 30.5 Å². The molecule has 2 N–H and O–H groups in total. The number of benzene rings is 1. The van der Waals surface area contributed by atoms with Crippen LogP contribution in [0.1, 0.15) is 20.8 Å². The lowest BCUT2D eigenvalue weighted by Gasteiger charge is -2.22. The summed E-state index contributed by atoms with van der Waals surface area (Å²) in [6.07, 6.45) is 0.632. The van der Waals surface area contributed by atoms with E-state index < -0.39 is 23.6 Å². The summed E-state index contributed by atoms with van der Waals surface area (Å²) in [6, 6.07) is 7.00. The topological polar surface area (TPSA) is 124 Å². The molecule has 2 aromatic heterocycles. The maximum Gasteiger partial charge on any atom is 0.408 e. The third kappa shape index (κ3) is 6.59. The van der Waals surface area contributed by atoms with Crippen molar-refractivity contribution in [1.29, 1.82) is 0 Å². The monoisotopic (exact) mass is 464 g/mol. The highest BCUT2D eigenvalue weighted by molar-refractivity contribution is 6.30. The molecule has 0 radical (unpaired) electrons. The minimum absolute atomic E-state index is 0.0887. The van der Waals surface area contributed by atoms with E-state index in [1.807, 2.05) is 0 Å². The van der Waals surface area contributed by atoms with Crippen molar-refractivity contribution in [2.75, 3.05) is 6.61 Å². The van der Waals surface area contributed by atoms with Crippen molar-refractivity contribution < 1.29 is 23.8 Å². The van der Waals surface area contributed by atoms with Crippen LogP contribution in [0.25, 0.3) is 11.4 Å². The third-order valence-electron chi connectivity index (χ3n) is 3.88. The average Bonchev–Trinajstić information content (AvgIpc) is 3.17. The zero-order valence-electron chi connectivity index (χ0n) is 17.6. The fraction of sp³-hybridized carbons (Fsp3) is 0.350. The van der Waals surface area contributed by atoms with Gasteiger partial charge >= 0.3 is 6.09 Å². The molecule has 2 heterocycles. The van der Waals surface area contributed by atoms with Gasteiger partial charge in [0.05, 0.1) is 24.2 Å². The minimum Gasteiger partial charge on any atom is -0.444 e. The number of hydrogen-bond donors (Lipinski definition) is 2. The second kappa shape index (κ2) is 9.88. The maximum absolute atomic E-state index is 13.8. The molecule has 1 atom stereocenters. The van der Waals surface area contributed by atoms with Crippen LogP contribution in [-0.4, -0.2) is 54.6 Å². The molecule has 10 nitrogen and oxygen atoms in total. The molecule has 0 bridgehead atoms. The fourth-order valence-corrected chi connectivity index (χ4v) is 2.66. The van der Waals surface area contributed by atoms with Gasteiger partial charge in [0.25, 0.3) is 5.88 Å². The van der Waals surface area contributed by atoms with E-state index in [4.69, 9.17) is 21.1 Å². The molecule has 1 aromatic carbocycles. The van der Waals surface area contributed by atoms with Crippen LogP contribution in [0.4, 0.5) is 9.18 Å². The number of halogens is 2. The normalized spacial score (nSPS) is 12.3. The molecule has 0 unspecified atom stereocenters. The number of nitrogens with zero attached hydrogens (tertiary/aromatic N) is 5. The van der Waals surface area contributed by atoms with Gasteiger partial charge in [0.2, 0.25) is 5.82 Å². The first kappa shape index (κ1) is 23.4. The number of carbonyl (C=O) groups excluding carboxylic acids is 1.